The molecule has 1 aromatic carbocycles. The van der Waals surface area contributed by atoms with E-state index in [9.17, 15) is 4.79 Å². The van der Waals surface area contributed by atoms with Crippen LogP contribution in [0.3, 0.4) is 0 Å². The minimum absolute atomic E-state index is 0.161. The number of carbonyl (C=O) groups excluding carboxylic acids is 1. The predicted molar refractivity (Wildman–Crippen MR) is 134 cm³/mol. The molecule has 0 radical (unpaired) electrons. The Balaban J connectivity index is 1.68. The zero-order valence-electron chi connectivity index (χ0n) is 20.6. The van der Waals surface area contributed by atoms with E-state index in [4.69, 9.17) is 33.2 Å². The van der Waals surface area contributed by atoms with E-state index >= 15 is 0 Å². The summed E-state index contributed by atoms with van der Waals surface area (Å²) in [6.07, 6.45) is 2.84. The molecule has 0 fully saturated rings. The number of para-hydroxylation sites is 1. The van der Waals surface area contributed by atoms with E-state index in [-0.39, 0.29) is 12.6 Å². The highest BCUT2D eigenvalue weighted by atomic mass is 32.2. The van der Waals surface area contributed by atoms with Gasteiger partial charge in [-0.2, -0.15) is 11.8 Å². The van der Waals surface area contributed by atoms with Crippen LogP contribution in [0.15, 0.2) is 30.3 Å². The maximum Gasteiger partial charge on any atom is 0.306 e. The molecule has 0 aliphatic rings. The SMILES string of the molecule is CCCCSCCC(=O)OCCOCCOCCOCCOCCOCCOc1ccccc1. The molecule has 0 heterocycles. The Morgan fingerprint density at radius 2 is 1.18 bits per heavy atom. The van der Waals surface area contributed by atoms with Gasteiger partial charge in [0.05, 0.1) is 72.5 Å². The minimum Gasteiger partial charge on any atom is -0.491 e. The van der Waals surface area contributed by atoms with Crippen molar-refractivity contribution in [1.29, 1.82) is 0 Å². The number of hydrogen-bond acceptors (Lipinski definition) is 9. The summed E-state index contributed by atoms with van der Waals surface area (Å²) in [4.78, 5) is 11.5. The van der Waals surface area contributed by atoms with Crippen molar-refractivity contribution < 1.29 is 38.0 Å². The van der Waals surface area contributed by atoms with Gasteiger partial charge in [-0.25, -0.2) is 0 Å². The number of rotatable bonds is 25. The van der Waals surface area contributed by atoms with Gasteiger partial charge >= 0.3 is 5.97 Å². The van der Waals surface area contributed by atoms with E-state index < -0.39 is 0 Å². The number of ether oxygens (including phenoxy) is 7. The lowest BCUT2D eigenvalue weighted by atomic mass is 10.3. The maximum absolute atomic E-state index is 11.5. The average Bonchev–Trinajstić information content (AvgIpc) is 2.86. The number of hydrogen-bond donors (Lipinski definition) is 0. The highest BCUT2D eigenvalue weighted by Crippen LogP contribution is 2.08. The van der Waals surface area contributed by atoms with Crippen molar-refractivity contribution in [2.75, 3.05) is 90.8 Å². The van der Waals surface area contributed by atoms with Crippen molar-refractivity contribution in [1.82, 2.24) is 0 Å². The van der Waals surface area contributed by atoms with Crippen LogP contribution in [0.1, 0.15) is 26.2 Å². The van der Waals surface area contributed by atoms with Gasteiger partial charge in [0.15, 0.2) is 0 Å². The van der Waals surface area contributed by atoms with Gasteiger partial charge in [-0.3, -0.25) is 4.79 Å². The van der Waals surface area contributed by atoms with Crippen LogP contribution in [0.4, 0.5) is 0 Å². The lowest BCUT2D eigenvalue weighted by Crippen LogP contribution is -2.15. The summed E-state index contributed by atoms with van der Waals surface area (Å²) < 4.78 is 37.8. The minimum atomic E-state index is -0.161. The van der Waals surface area contributed by atoms with E-state index in [0.29, 0.717) is 79.1 Å². The highest BCUT2D eigenvalue weighted by molar-refractivity contribution is 7.99. The van der Waals surface area contributed by atoms with Crippen LogP contribution >= 0.6 is 11.8 Å². The first-order chi connectivity index (χ1) is 16.8. The van der Waals surface area contributed by atoms with Gasteiger partial charge in [-0.1, -0.05) is 31.5 Å². The Kier molecular flexibility index (Phi) is 22.3. The molecule has 0 spiro atoms. The molecule has 0 saturated carbocycles. The van der Waals surface area contributed by atoms with Crippen molar-refractivity contribution >= 4 is 17.7 Å². The summed E-state index contributed by atoms with van der Waals surface area (Å²) in [5.74, 6) is 2.61. The fourth-order valence-electron chi connectivity index (χ4n) is 2.51. The Morgan fingerprint density at radius 1 is 0.676 bits per heavy atom. The van der Waals surface area contributed by atoms with Crippen molar-refractivity contribution in [2.45, 2.75) is 26.2 Å². The molecule has 1 aromatic rings. The number of carbonyl (C=O) groups is 1. The molecular formula is C25H42O8S. The first-order valence-electron chi connectivity index (χ1n) is 12.1. The third-order valence-corrected chi connectivity index (χ3v) is 5.38. The first kappa shape index (κ1) is 30.7. The molecule has 0 amide bonds. The molecule has 0 atom stereocenters. The van der Waals surface area contributed by atoms with Gasteiger partial charge < -0.3 is 33.2 Å². The second-order valence-electron chi connectivity index (χ2n) is 7.16. The van der Waals surface area contributed by atoms with E-state index in [0.717, 1.165) is 17.3 Å². The molecule has 0 aromatic heterocycles. The van der Waals surface area contributed by atoms with Crippen molar-refractivity contribution in [2.24, 2.45) is 0 Å². The van der Waals surface area contributed by atoms with Crippen LogP contribution in [0.5, 0.6) is 5.75 Å². The molecule has 0 aliphatic carbocycles. The quantitative estimate of drug-likeness (QED) is 0.147. The molecule has 0 bridgehead atoms. The highest BCUT2D eigenvalue weighted by Gasteiger charge is 2.02. The van der Waals surface area contributed by atoms with Crippen molar-refractivity contribution in [3.8, 4) is 5.75 Å². The maximum atomic E-state index is 11.5. The Bertz CT molecular complexity index is 561. The molecule has 1 rings (SSSR count). The zero-order valence-corrected chi connectivity index (χ0v) is 21.4. The van der Waals surface area contributed by atoms with E-state index in [2.05, 4.69) is 6.92 Å². The fraction of sp³-hybridized carbons (Fsp3) is 0.720. The van der Waals surface area contributed by atoms with Gasteiger partial charge in [-0.15, -0.1) is 0 Å². The first-order valence-corrected chi connectivity index (χ1v) is 13.3. The number of esters is 1. The van der Waals surface area contributed by atoms with Crippen molar-refractivity contribution in [3.63, 3.8) is 0 Å². The second-order valence-corrected chi connectivity index (χ2v) is 8.38. The molecule has 0 unspecified atom stereocenters. The molecule has 0 N–H and O–H groups in total. The van der Waals surface area contributed by atoms with E-state index in [1.807, 2.05) is 30.3 Å². The summed E-state index contributed by atoms with van der Waals surface area (Å²) in [6.45, 7) is 7.90. The summed E-state index contributed by atoms with van der Waals surface area (Å²) in [5.41, 5.74) is 0. The number of thioether (sulfide) groups is 1. The topological polar surface area (TPSA) is 81.7 Å². The lowest BCUT2D eigenvalue weighted by Gasteiger charge is -2.09. The van der Waals surface area contributed by atoms with Gasteiger partial charge in [0.2, 0.25) is 0 Å². The molecule has 196 valence electrons. The van der Waals surface area contributed by atoms with Gasteiger partial charge in [0, 0.05) is 5.75 Å². The van der Waals surface area contributed by atoms with Gasteiger partial charge in [0.25, 0.3) is 0 Å². The third kappa shape index (κ3) is 21.2. The monoisotopic (exact) mass is 502 g/mol. The number of benzene rings is 1. The molecule has 34 heavy (non-hydrogen) atoms. The molecule has 9 heteroatoms. The van der Waals surface area contributed by atoms with Crippen LogP contribution in [-0.2, 0) is 33.2 Å². The second kappa shape index (κ2) is 24.8. The van der Waals surface area contributed by atoms with E-state index in [1.54, 1.807) is 11.8 Å². The Hall–Kier alpha value is -1.36. The van der Waals surface area contributed by atoms with Crippen LogP contribution in [0, 0.1) is 0 Å². The summed E-state index contributed by atoms with van der Waals surface area (Å²) in [7, 11) is 0. The molecule has 8 nitrogen and oxygen atoms in total. The zero-order chi connectivity index (χ0) is 24.4. The summed E-state index contributed by atoms with van der Waals surface area (Å²) in [6, 6.07) is 9.66. The third-order valence-electron chi connectivity index (χ3n) is 4.31. The van der Waals surface area contributed by atoms with Crippen molar-refractivity contribution in [3.05, 3.63) is 30.3 Å². The smallest absolute Gasteiger partial charge is 0.306 e. The van der Waals surface area contributed by atoms with Crippen LogP contribution < -0.4 is 4.74 Å². The van der Waals surface area contributed by atoms with Crippen LogP contribution in [0.2, 0.25) is 0 Å². The predicted octanol–water partition coefficient (Wildman–Crippen LogP) is 3.62. The van der Waals surface area contributed by atoms with Crippen LogP contribution in [0.25, 0.3) is 0 Å². The summed E-state index contributed by atoms with van der Waals surface area (Å²) >= 11 is 1.80. The molecular weight excluding hydrogens is 460 g/mol. The average molecular weight is 503 g/mol. The van der Waals surface area contributed by atoms with E-state index in [1.165, 1.54) is 12.8 Å². The van der Waals surface area contributed by atoms with Crippen LogP contribution in [-0.4, -0.2) is 96.8 Å². The molecule has 0 aliphatic heterocycles. The fourth-order valence-corrected chi connectivity index (χ4v) is 3.52. The summed E-state index contributed by atoms with van der Waals surface area (Å²) in [5, 5.41) is 0. The Labute approximate surface area is 208 Å². The number of unbranched alkanes of at least 4 members (excludes halogenated alkanes) is 1. The lowest BCUT2D eigenvalue weighted by molar-refractivity contribution is -0.144. The molecule has 0 saturated heterocycles. The largest absolute Gasteiger partial charge is 0.491 e. The van der Waals surface area contributed by atoms with Gasteiger partial charge in [0.1, 0.15) is 19.0 Å². The standard InChI is InChI=1S/C25H42O8S/c1-2-3-22-34-23-9-25(26)33-21-19-31-17-15-29-13-11-27-10-12-28-14-16-30-18-20-32-24-7-5-4-6-8-24/h4-8H,2-3,9-23H2,1H3. The normalized spacial score (nSPS) is 11.0. The Morgan fingerprint density at radius 3 is 1.71 bits per heavy atom. The van der Waals surface area contributed by atoms with Gasteiger partial charge in [-0.05, 0) is 24.3 Å².